The number of aromatic amines is 1. The standard InChI is InChI=1S/C15H19ClN2S/c16-12-4-5-14-11(9-18-15(14)7-12)8-17-10-13-3-1-2-6-19-13/h4-5,7,9,13,17-18H,1-3,6,8,10H2. The highest BCUT2D eigenvalue weighted by Gasteiger charge is 2.13. The normalized spacial score (nSPS) is 19.9. The maximum absolute atomic E-state index is 6.00. The molecule has 1 fully saturated rings. The van der Waals surface area contributed by atoms with Crippen molar-refractivity contribution < 1.29 is 0 Å². The van der Waals surface area contributed by atoms with Gasteiger partial charge in [-0.05, 0) is 36.3 Å². The summed E-state index contributed by atoms with van der Waals surface area (Å²) in [4.78, 5) is 3.29. The SMILES string of the molecule is Clc1ccc2c(CNCC3CCCCS3)c[nH]c2c1. The average Bonchev–Trinajstić information content (AvgIpc) is 2.82. The number of benzene rings is 1. The first-order chi connectivity index (χ1) is 9.33. The summed E-state index contributed by atoms with van der Waals surface area (Å²) in [6, 6.07) is 6.04. The van der Waals surface area contributed by atoms with Gasteiger partial charge in [0.2, 0.25) is 0 Å². The number of H-pyrrole nitrogens is 1. The Morgan fingerprint density at radius 2 is 2.32 bits per heavy atom. The topological polar surface area (TPSA) is 27.8 Å². The number of rotatable bonds is 4. The fourth-order valence-electron chi connectivity index (χ4n) is 2.64. The van der Waals surface area contributed by atoms with Gasteiger partial charge in [0.25, 0.3) is 0 Å². The van der Waals surface area contributed by atoms with E-state index in [-0.39, 0.29) is 0 Å². The van der Waals surface area contributed by atoms with Crippen molar-refractivity contribution in [2.75, 3.05) is 12.3 Å². The van der Waals surface area contributed by atoms with E-state index in [1.165, 1.54) is 36.0 Å². The molecule has 0 spiro atoms. The van der Waals surface area contributed by atoms with Crippen molar-refractivity contribution in [3.05, 3.63) is 35.0 Å². The Labute approximate surface area is 123 Å². The van der Waals surface area contributed by atoms with Crippen molar-refractivity contribution in [1.82, 2.24) is 10.3 Å². The average molecular weight is 295 g/mol. The molecule has 1 unspecified atom stereocenters. The predicted molar refractivity (Wildman–Crippen MR) is 85.1 cm³/mol. The Morgan fingerprint density at radius 1 is 1.37 bits per heavy atom. The highest BCUT2D eigenvalue weighted by molar-refractivity contribution is 7.99. The molecule has 0 radical (unpaired) electrons. The van der Waals surface area contributed by atoms with Crippen LogP contribution in [0.5, 0.6) is 0 Å². The summed E-state index contributed by atoms with van der Waals surface area (Å²) in [6.07, 6.45) is 6.23. The number of hydrogen-bond donors (Lipinski definition) is 2. The number of thioether (sulfide) groups is 1. The molecule has 102 valence electrons. The summed E-state index contributed by atoms with van der Waals surface area (Å²) in [7, 11) is 0. The lowest BCUT2D eigenvalue weighted by Gasteiger charge is -2.21. The van der Waals surface area contributed by atoms with Gasteiger partial charge in [-0.1, -0.05) is 24.1 Å². The van der Waals surface area contributed by atoms with Crippen LogP contribution in [0.3, 0.4) is 0 Å². The van der Waals surface area contributed by atoms with Gasteiger partial charge in [0.15, 0.2) is 0 Å². The molecule has 3 rings (SSSR count). The molecule has 0 aliphatic carbocycles. The second-order valence-electron chi connectivity index (χ2n) is 5.12. The first kappa shape index (κ1) is 13.3. The van der Waals surface area contributed by atoms with E-state index in [9.17, 15) is 0 Å². The van der Waals surface area contributed by atoms with Crippen LogP contribution in [0.25, 0.3) is 10.9 Å². The van der Waals surface area contributed by atoms with Crippen molar-refractivity contribution in [2.24, 2.45) is 0 Å². The molecule has 4 heteroatoms. The van der Waals surface area contributed by atoms with E-state index in [0.717, 1.165) is 28.9 Å². The minimum Gasteiger partial charge on any atom is -0.361 e. The number of halogens is 1. The molecule has 1 atom stereocenters. The van der Waals surface area contributed by atoms with Gasteiger partial charge in [0.05, 0.1) is 0 Å². The van der Waals surface area contributed by atoms with Crippen LogP contribution in [0, 0.1) is 0 Å². The Hall–Kier alpha value is -0.640. The van der Waals surface area contributed by atoms with Crippen LogP contribution in [0.15, 0.2) is 24.4 Å². The molecule has 2 heterocycles. The molecular formula is C15H19ClN2S. The van der Waals surface area contributed by atoms with Crippen LogP contribution in [0.4, 0.5) is 0 Å². The number of fused-ring (bicyclic) bond motifs is 1. The molecular weight excluding hydrogens is 276 g/mol. The summed E-state index contributed by atoms with van der Waals surface area (Å²) in [5, 5.41) is 6.45. The van der Waals surface area contributed by atoms with Gasteiger partial charge in [-0.25, -0.2) is 0 Å². The predicted octanol–water partition coefficient (Wildman–Crippen LogP) is 4.20. The van der Waals surface area contributed by atoms with Gasteiger partial charge in [-0.3, -0.25) is 0 Å². The van der Waals surface area contributed by atoms with Crippen molar-refractivity contribution >= 4 is 34.3 Å². The van der Waals surface area contributed by atoms with E-state index in [0.29, 0.717) is 0 Å². The number of nitrogens with one attached hydrogen (secondary N) is 2. The van der Waals surface area contributed by atoms with E-state index < -0.39 is 0 Å². The maximum atomic E-state index is 6.00. The summed E-state index contributed by atoms with van der Waals surface area (Å²) in [5.74, 6) is 1.33. The van der Waals surface area contributed by atoms with E-state index >= 15 is 0 Å². The Morgan fingerprint density at radius 3 is 3.16 bits per heavy atom. The van der Waals surface area contributed by atoms with E-state index in [2.05, 4.69) is 34.3 Å². The minimum absolute atomic E-state index is 0.785. The lowest BCUT2D eigenvalue weighted by Crippen LogP contribution is -2.26. The number of hydrogen-bond acceptors (Lipinski definition) is 2. The van der Waals surface area contributed by atoms with Crippen LogP contribution >= 0.6 is 23.4 Å². The van der Waals surface area contributed by atoms with Crippen LogP contribution in [-0.4, -0.2) is 22.5 Å². The van der Waals surface area contributed by atoms with Crippen molar-refractivity contribution in [3.63, 3.8) is 0 Å². The van der Waals surface area contributed by atoms with Crippen molar-refractivity contribution in [1.29, 1.82) is 0 Å². The fraction of sp³-hybridized carbons (Fsp3) is 0.467. The lowest BCUT2D eigenvalue weighted by molar-refractivity contribution is 0.599. The third-order valence-electron chi connectivity index (χ3n) is 3.69. The van der Waals surface area contributed by atoms with Crippen LogP contribution in [0.1, 0.15) is 24.8 Å². The largest absolute Gasteiger partial charge is 0.361 e. The van der Waals surface area contributed by atoms with E-state index in [4.69, 9.17) is 11.6 Å². The first-order valence-electron chi connectivity index (χ1n) is 6.91. The molecule has 2 nitrogen and oxygen atoms in total. The molecule has 2 N–H and O–H groups in total. The third kappa shape index (κ3) is 3.28. The molecule has 1 aromatic heterocycles. The van der Waals surface area contributed by atoms with Gasteiger partial charge in [-0.2, -0.15) is 11.8 Å². The van der Waals surface area contributed by atoms with E-state index in [1.807, 2.05) is 12.1 Å². The molecule has 0 bridgehead atoms. The van der Waals surface area contributed by atoms with Gasteiger partial charge >= 0.3 is 0 Å². The molecule has 0 saturated carbocycles. The number of aromatic nitrogens is 1. The molecule has 0 amide bonds. The van der Waals surface area contributed by atoms with Gasteiger partial charge in [0, 0.05) is 40.5 Å². The molecule has 1 aromatic carbocycles. The van der Waals surface area contributed by atoms with Gasteiger partial charge in [-0.15, -0.1) is 0 Å². The second kappa shape index (κ2) is 6.21. The summed E-state index contributed by atoms with van der Waals surface area (Å²) in [6.45, 7) is 2.05. The van der Waals surface area contributed by atoms with Crippen LogP contribution < -0.4 is 5.32 Å². The Balaban J connectivity index is 1.59. The zero-order valence-corrected chi connectivity index (χ0v) is 12.5. The molecule has 1 aliphatic rings. The van der Waals surface area contributed by atoms with Crippen LogP contribution in [0.2, 0.25) is 5.02 Å². The summed E-state index contributed by atoms with van der Waals surface area (Å²) in [5.41, 5.74) is 2.45. The Bertz CT molecular complexity index is 546. The van der Waals surface area contributed by atoms with Gasteiger partial charge in [0.1, 0.15) is 0 Å². The van der Waals surface area contributed by atoms with Crippen molar-refractivity contribution in [2.45, 2.75) is 31.1 Å². The highest BCUT2D eigenvalue weighted by Crippen LogP contribution is 2.25. The molecule has 1 aliphatic heterocycles. The zero-order chi connectivity index (χ0) is 13.1. The minimum atomic E-state index is 0.785. The molecule has 19 heavy (non-hydrogen) atoms. The Kier molecular flexibility index (Phi) is 4.36. The quantitative estimate of drug-likeness (QED) is 0.884. The zero-order valence-electron chi connectivity index (χ0n) is 10.9. The second-order valence-corrected chi connectivity index (χ2v) is 6.97. The smallest absolute Gasteiger partial charge is 0.0472 e. The van der Waals surface area contributed by atoms with Crippen LogP contribution in [-0.2, 0) is 6.54 Å². The van der Waals surface area contributed by atoms with Gasteiger partial charge < -0.3 is 10.3 Å². The lowest BCUT2D eigenvalue weighted by atomic mass is 10.1. The maximum Gasteiger partial charge on any atom is 0.0472 e. The van der Waals surface area contributed by atoms with Crippen molar-refractivity contribution in [3.8, 4) is 0 Å². The summed E-state index contributed by atoms with van der Waals surface area (Å²) < 4.78 is 0. The highest BCUT2D eigenvalue weighted by atomic mass is 35.5. The fourth-order valence-corrected chi connectivity index (χ4v) is 4.09. The molecule has 1 saturated heterocycles. The van der Waals surface area contributed by atoms with E-state index in [1.54, 1.807) is 0 Å². The third-order valence-corrected chi connectivity index (χ3v) is 5.32. The first-order valence-corrected chi connectivity index (χ1v) is 8.33. The summed E-state index contributed by atoms with van der Waals surface area (Å²) >= 11 is 8.11. The molecule has 2 aromatic rings. The monoisotopic (exact) mass is 294 g/mol.